The number of morpholine rings is 1. The predicted octanol–water partition coefficient (Wildman–Crippen LogP) is -1.63. The maximum absolute atomic E-state index is 11.3. The number of urea groups is 1. The summed E-state index contributed by atoms with van der Waals surface area (Å²) in [5.41, 5.74) is 2.60. The first-order valence-electron chi connectivity index (χ1n) is 5.37. The summed E-state index contributed by atoms with van der Waals surface area (Å²) in [4.78, 5) is 21.6. The van der Waals surface area contributed by atoms with E-state index >= 15 is 0 Å². The van der Waals surface area contributed by atoms with Gasteiger partial charge in [-0.3, -0.25) is 5.43 Å². The lowest BCUT2D eigenvalue weighted by molar-refractivity contribution is -0.146. The van der Waals surface area contributed by atoms with E-state index in [9.17, 15) is 9.59 Å². The Morgan fingerprint density at radius 3 is 2.59 bits per heavy atom. The molecule has 1 saturated heterocycles. The highest BCUT2D eigenvalue weighted by atomic mass is 16.5. The van der Waals surface area contributed by atoms with E-state index in [1.54, 1.807) is 5.01 Å². The molecular weight excluding hydrogens is 230 g/mol. The summed E-state index contributed by atoms with van der Waals surface area (Å²) >= 11 is 0. The number of amides is 2. The predicted molar refractivity (Wildman–Crippen MR) is 57.2 cm³/mol. The van der Waals surface area contributed by atoms with Gasteiger partial charge in [0.25, 0.3) is 0 Å². The molecule has 8 heteroatoms. The molecule has 1 atom stereocenters. The van der Waals surface area contributed by atoms with Crippen LogP contribution in [0.1, 0.15) is 6.42 Å². The van der Waals surface area contributed by atoms with E-state index in [-0.39, 0.29) is 13.0 Å². The molecule has 0 spiro atoms. The number of carboxylic acid groups (broad SMARTS) is 1. The van der Waals surface area contributed by atoms with Crippen LogP contribution in [-0.4, -0.2) is 66.2 Å². The van der Waals surface area contributed by atoms with Crippen molar-refractivity contribution >= 4 is 12.0 Å². The van der Waals surface area contributed by atoms with Crippen LogP contribution in [-0.2, 0) is 9.53 Å². The molecule has 0 aromatic heterocycles. The number of aliphatic hydroxyl groups excluding tert-OH is 1. The van der Waals surface area contributed by atoms with Crippen molar-refractivity contribution in [2.45, 2.75) is 12.5 Å². The van der Waals surface area contributed by atoms with Crippen molar-refractivity contribution < 1.29 is 24.5 Å². The maximum Gasteiger partial charge on any atom is 0.332 e. The monoisotopic (exact) mass is 247 g/mol. The van der Waals surface area contributed by atoms with Crippen LogP contribution in [0.2, 0.25) is 0 Å². The van der Waals surface area contributed by atoms with E-state index in [1.165, 1.54) is 0 Å². The molecule has 1 unspecified atom stereocenters. The zero-order chi connectivity index (χ0) is 12.7. The number of aliphatic hydroxyl groups is 1. The zero-order valence-corrected chi connectivity index (χ0v) is 9.39. The second kappa shape index (κ2) is 7.05. The van der Waals surface area contributed by atoms with Crippen LogP contribution < -0.4 is 10.7 Å². The second-order valence-electron chi connectivity index (χ2n) is 3.61. The summed E-state index contributed by atoms with van der Waals surface area (Å²) in [5, 5.41) is 21.5. The van der Waals surface area contributed by atoms with E-state index in [0.29, 0.717) is 26.3 Å². The number of carbonyl (C=O) groups is 2. The van der Waals surface area contributed by atoms with Gasteiger partial charge in [0.05, 0.1) is 13.2 Å². The van der Waals surface area contributed by atoms with Crippen molar-refractivity contribution in [1.82, 2.24) is 15.8 Å². The minimum atomic E-state index is -1.45. The molecule has 1 fully saturated rings. The normalized spacial score (nSPS) is 18.4. The molecule has 0 aliphatic carbocycles. The number of carbonyl (C=O) groups excluding carboxylic acids is 1. The minimum absolute atomic E-state index is 0.0220. The maximum atomic E-state index is 11.3. The topological polar surface area (TPSA) is 111 Å². The van der Waals surface area contributed by atoms with Crippen molar-refractivity contribution in [2.24, 2.45) is 0 Å². The van der Waals surface area contributed by atoms with E-state index in [4.69, 9.17) is 14.9 Å². The van der Waals surface area contributed by atoms with Crippen LogP contribution in [0.4, 0.5) is 4.79 Å². The number of carboxylic acids is 1. The van der Waals surface area contributed by atoms with Crippen LogP contribution in [0.25, 0.3) is 0 Å². The third kappa shape index (κ3) is 5.48. The largest absolute Gasteiger partial charge is 0.479 e. The molecule has 98 valence electrons. The lowest BCUT2D eigenvalue weighted by Crippen LogP contribution is -2.52. The average molecular weight is 247 g/mol. The van der Waals surface area contributed by atoms with Gasteiger partial charge >= 0.3 is 12.0 Å². The quantitative estimate of drug-likeness (QED) is 0.464. The molecule has 0 aromatic rings. The highest BCUT2D eigenvalue weighted by Crippen LogP contribution is 1.92. The number of nitrogens with zero attached hydrogens (tertiary/aromatic N) is 1. The number of hydrogen-bond donors (Lipinski definition) is 4. The summed E-state index contributed by atoms with van der Waals surface area (Å²) in [6.07, 6.45) is -1.47. The minimum Gasteiger partial charge on any atom is -0.479 e. The van der Waals surface area contributed by atoms with Gasteiger partial charge < -0.3 is 20.3 Å². The fourth-order valence-corrected chi connectivity index (χ4v) is 1.30. The molecule has 4 N–H and O–H groups in total. The number of rotatable bonds is 5. The van der Waals surface area contributed by atoms with Crippen molar-refractivity contribution in [1.29, 1.82) is 0 Å². The molecule has 1 rings (SSSR count). The van der Waals surface area contributed by atoms with Crippen molar-refractivity contribution in [3.05, 3.63) is 0 Å². The molecule has 0 saturated carbocycles. The van der Waals surface area contributed by atoms with Crippen molar-refractivity contribution in [3.63, 3.8) is 0 Å². The van der Waals surface area contributed by atoms with Gasteiger partial charge in [0.1, 0.15) is 0 Å². The van der Waals surface area contributed by atoms with Gasteiger partial charge in [-0.1, -0.05) is 0 Å². The molecular formula is C9H17N3O5. The number of hydrazine groups is 1. The van der Waals surface area contributed by atoms with Gasteiger partial charge in [-0.05, 0) is 0 Å². The highest BCUT2D eigenvalue weighted by molar-refractivity contribution is 5.74. The zero-order valence-electron chi connectivity index (χ0n) is 9.39. The fraction of sp³-hybridized carbons (Fsp3) is 0.778. The average Bonchev–Trinajstić information content (AvgIpc) is 2.30. The fourth-order valence-electron chi connectivity index (χ4n) is 1.30. The van der Waals surface area contributed by atoms with Gasteiger partial charge in [-0.25, -0.2) is 14.6 Å². The Balaban J connectivity index is 2.10. The third-order valence-electron chi connectivity index (χ3n) is 2.26. The summed E-state index contributed by atoms with van der Waals surface area (Å²) in [6, 6.07) is -0.413. The molecule has 0 radical (unpaired) electrons. The van der Waals surface area contributed by atoms with Crippen molar-refractivity contribution in [2.75, 3.05) is 32.8 Å². The first-order chi connectivity index (χ1) is 8.09. The lowest BCUT2D eigenvalue weighted by Gasteiger charge is -2.26. The summed E-state index contributed by atoms with van der Waals surface area (Å²) in [7, 11) is 0. The molecule has 17 heavy (non-hydrogen) atoms. The number of hydrogen-bond acceptors (Lipinski definition) is 5. The van der Waals surface area contributed by atoms with Gasteiger partial charge in [0.15, 0.2) is 6.10 Å². The van der Waals surface area contributed by atoms with Gasteiger partial charge in [0, 0.05) is 26.1 Å². The van der Waals surface area contributed by atoms with Crippen molar-refractivity contribution in [3.8, 4) is 0 Å². The first kappa shape index (κ1) is 13.7. The molecule has 0 aromatic carbocycles. The van der Waals surface area contributed by atoms with Gasteiger partial charge in [0.2, 0.25) is 0 Å². The summed E-state index contributed by atoms with van der Waals surface area (Å²) < 4.78 is 5.11. The van der Waals surface area contributed by atoms with E-state index in [1.807, 2.05) is 0 Å². The molecule has 1 aliphatic heterocycles. The number of aliphatic carboxylic acids is 1. The first-order valence-corrected chi connectivity index (χ1v) is 5.37. The van der Waals surface area contributed by atoms with E-state index < -0.39 is 18.1 Å². The highest BCUT2D eigenvalue weighted by Gasteiger charge is 2.15. The SMILES string of the molecule is O=C(NCCC(O)C(=O)O)NN1CCOCC1. The number of ether oxygens (including phenoxy) is 1. The van der Waals surface area contributed by atoms with Crippen LogP contribution in [0.15, 0.2) is 0 Å². The molecule has 2 amide bonds. The van der Waals surface area contributed by atoms with Crippen LogP contribution in [0, 0.1) is 0 Å². The molecule has 1 heterocycles. The summed E-state index contributed by atoms with van der Waals surface area (Å²) in [6.45, 7) is 2.47. The van der Waals surface area contributed by atoms with Crippen LogP contribution in [0.5, 0.6) is 0 Å². The standard InChI is InChI=1S/C9H17N3O5/c13-7(8(14)15)1-2-10-9(16)11-12-3-5-17-6-4-12/h7,13H,1-6H2,(H,14,15)(H2,10,11,16). The van der Waals surface area contributed by atoms with E-state index in [2.05, 4.69) is 10.7 Å². The summed E-state index contributed by atoms with van der Waals surface area (Å²) in [5.74, 6) is -1.29. The number of nitrogens with one attached hydrogen (secondary N) is 2. The van der Waals surface area contributed by atoms with E-state index in [0.717, 1.165) is 0 Å². The Hall–Kier alpha value is -1.38. The molecule has 8 nitrogen and oxygen atoms in total. The van der Waals surface area contributed by atoms with Gasteiger partial charge in [-0.2, -0.15) is 0 Å². The lowest BCUT2D eigenvalue weighted by atomic mass is 10.2. The smallest absolute Gasteiger partial charge is 0.332 e. The van der Waals surface area contributed by atoms with Gasteiger partial charge in [-0.15, -0.1) is 0 Å². The van der Waals surface area contributed by atoms with Crippen LogP contribution >= 0.6 is 0 Å². The third-order valence-corrected chi connectivity index (χ3v) is 2.26. The second-order valence-corrected chi connectivity index (χ2v) is 3.61. The molecule has 1 aliphatic rings. The Labute approximate surface area is 98.5 Å². The Bertz CT molecular complexity index is 267. The molecule has 0 bridgehead atoms. The Morgan fingerprint density at radius 2 is 2.00 bits per heavy atom. The Kier molecular flexibility index (Phi) is 5.67. The van der Waals surface area contributed by atoms with Crippen LogP contribution in [0.3, 0.4) is 0 Å². The Morgan fingerprint density at radius 1 is 1.35 bits per heavy atom.